The van der Waals surface area contributed by atoms with Crippen molar-refractivity contribution in [1.29, 1.82) is 0 Å². The Bertz CT molecular complexity index is 965. The van der Waals surface area contributed by atoms with Crippen LogP contribution in [-0.2, 0) is 4.79 Å². The second kappa shape index (κ2) is 8.35. The number of carbonyl (C=O) groups excluding carboxylic acids is 1. The summed E-state index contributed by atoms with van der Waals surface area (Å²) in [6.45, 7) is -1.40. The number of hydrogen-bond donors (Lipinski definition) is 1. The number of para-hydroxylation sites is 2. The van der Waals surface area contributed by atoms with Crippen LogP contribution in [0.5, 0.6) is 11.5 Å². The highest BCUT2D eigenvalue weighted by Crippen LogP contribution is 2.34. The average molecular weight is 436 g/mol. The summed E-state index contributed by atoms with van der Waals surface area (Å²) in [5.74, 6) is -0.0891. The summed E-state index contributed by atoms with van der Waals surface area (Å²) in [7, 11) is 0. The SMILES string of the molecule is CC(Oc1ccc2ccccc2c1Br)C(=O)Nc1ccccc1OC(F)F. The minimum absolute atomic E-state index is 0.111. The van der Waals surface area contributed by atoms with Crippen molar-refractivity contribution in [3.8, 4) is 11.5 Å². The number of halogens is 3. The van der Waals surface area contributed by atoms with Crippen molar-refractivity contribution in [1.82, 2.24) is 0 Å². The van der Waals surface area contributed by atoms with Crippen LogP contribution < -0.4 is 14.8 Å². The number of nitrogens with one attached hydrogen (secondary N) is 1. The lowest BCUT2D eigenvalue weighted by Gasteiger charge is -2.18. The zero-order valence-electron chi connectivity index (χ0n) is 14.3. The maximum Gasteiger partial charge on any atom is 0.387 e. The number of hydrogen-bond acceptors (Lipinski definition) is 3. The first-order valence-electron chi connectivity index (χ1n) is 8.14. The number of carbonyl (C=O) groups is 1. The van der Waals surface area contributed by atoms with Crippen molar-refractivity contribution in [3.05, 3.63) is 65.1 Å². The van der Waals surface area contributed by atoms with E-state index in [9.17, 15) is 13.6 Å². The van der Waals surface area contributed by atoms with Crippen LogP contribution in [0.2, 0.25) is 0 Å². The largest absolute Gasteiger partial charge is 0.480 e. The Morgan fingerprint density at radius 2 is 1.67 bits per heavy atom. The summed E-state index contributed by atoms with van der Waals surface area (Å²) in [5, 5.41) is 4.55. The normalized spacial score (nSPS) is 12.0. The highest BCUT2D eigenvalue weighted by atomic mass is 79.9. The van der Waals surface area contributed by atoms with Crippen LogP contribution in [0.25, 0.3) is 10.8 Å². The van der Waals surface area contributed by atoms with Crippen molar-refractivity contribution in [2.45, 2.75) is 19.6 Å². The van der Waals surface area contributed by atoms with Gasteiger partial charge in [0.1, 0.15) is 11.5 Å². The molecule has 0 aliphatic carbocycles. The second-order valence-electron chi connectivity index (χ2n) is 5.72. The first-order chi connectivity index (χ1) is 13.0. The van der Waals surface area contributed by atoms with Gasteiger partial charge in [-0.2, -0.15) is 8.78 Å². The summed E-state index contributed by atoms with van der Waals surface area (Å²) < 4.78 is 35.9. The standard InChI is InChI=1S/C20H16BrF2NO3/c1-12(19(25)24-15-8-4-5-9-16(15)27-20(22)23)26-17-11-10-13-6-2-3-7-14(13)18(17)21/h2-12,20H,1H3,(H,24,25). The van der Waals surface area contributed by atoms with Gasteiger partial charge >= 0.3 is 6.61 Å². The number of rotatable bonds is 6. The van der Waals surface area contributed by atoms with Crippen LogP contribution >= 0.6 is 15.9 Å². The summed E-state index contributed by atoms with van der Waals surface area (Å²) in [4.78, 5) is 12.4. The van der Waals surface area contributed by atoms with Gasteiger partial charge in [-0.05, 0) is 51.8 Å². The first kappa shape index (κ1) is 19.1. The van der Waals surface area contributed by atoms with Crippen LogP contribution in [0.4, 0.5) is 14.5 Å². The van der Waals surface area contributed by atoms with Gasteiger partial charge in [-0.3, -0.25) is 4.79 Å². The van der Waals surface area contributed by atoms with E-state index in [4.69, 9.17) is 4.74 Å². The second-order valence-corrected chi connectivity index (χ2v) is 6.52. The molecule has 0 aliphatic rings. The Morgan fingerprint density at radius 3 is 2.44 bits per heavy atom. The summed E-state index contributed by atoms with van der Waals surface area (Å²) in [5.41, 5.74) is 0.149. The summed E-state index contributed by atoms with van der Waals surface area (Å²) >= 11 is 3.51. The molecule has 1 N–H and O–H groups in total. The first-order valence-corrected chi connectivity index (χ1v) is 8.93. The summed E-state index contributed by atoms with van der Waals surface area (Å²) in [6.07, 6.45) is -0.859. The topological polar surface area (TPSA) is 47.6 Å². The fourth-order valence-corrected chi connectivity index (χ4v) is 3.14. The molecule has 1 amide bonds. The fraction of sp³-hybridized carbons (Fsp3) is 0.150. The van der Waals surface area contributed by atoms with Crippen molar-refractivity contribution in [3.63, 3.8) is 0 Å². The number of ether oxygens (including phenoxy) is 2. The average Bonchev–Trinajstić information content (AvgIpc) is 2.65. The van der Waals surface area contributed by atoms with Gasteiger partial charge in [-0.1, -0.05) is 42.5 Å². The van der Waals surface area contributed by atoms with Gasteiger partial charge in [0.15, 0.2) is 6.10 Å². The van der Waals surface area contributed by atoms with Crippen molar-refractivity contribution < 1.29 is 23.0 Å². The zero-order chi connectivity index (χ0) is 19.4. The lowest BCUT2D eigenvalue weighted by molar-refractivity contribution is -0.122. The lowest BCUT2D eigenvalue weighted by Crippen LogP contribution is -2.30. The Morgan fingerprint density at radius 1 is 0.963 bits per heavy atom. The molecule has 3 aromatic rings. The molecule has 7 heteroatoms. The smallest absolute Gasteiger partial charge is 0.387 e. The predicted molar refractivity (Wildman–Crippen MR) is 103 cm³/mol. The van der Waals surface area contributed by atoms with Gasteiger partial charge in [-0.25, -0.2) is 0 Å². The Hall–Kier alpha value is -2.67. The molecule has 0 saturated carbocycles. The van der Waals surface area contributed by atoms with E-state index >= 15 is 0 Å². The van der Waals surface area contributed by atoms with E-state index in [1.807, 2.05) is 30.3 Å². The highest BCUT2D eigenvalue weighted by molar-refractivity contribution is 9.10. The molecule has 3 rings (SSSR count). The van der Waals surface area contributed by atoms with Crippen LogP contribution in [0.1, 0.15) is 6.92 Å². The van der Waals surface area contributed by atoms with E-state index < -0.39 is 18.6 Å². The van der Waals surface area contributed by atoms with Gasteiger partial charge in [0.2, 0.25) is 0 Å². The van der Waals surface area contributed by atoms with Crippen molar-refractivity contribution in [2.24, 2.45) is 0 Å². The van der Waals surface area contributed by atoms with Gasteiger partial charge in [0.25, 0.3) is 5.91 Å². The Kier molecular flexibility index (Phi) is 5.91. The minimum atomic E-state index is -2.98. The van der Waals surface area contributed by atoms with Crippen molar-refractivity contribution in [2.75, 3.05) is 5.32 Å². The molecule has 3 aromatic carbocycles. The molecule has 0 spiro atoms. The number of fused-ring (bicyclic) bond motifs is 1. The van der Waals surface area contributed by atoms with Gasteiger partial charge in [-0.15, -0.1) is 0 Å². The fourth-order valence-electron chi connectivity index (χ4n) is 2.55. The Balaban J connectivity index is 1.74. The van der Waals surface area contributed by atoms with Crippen LogP contribution in [0.3, 0.4) is 0 Å². The highest BCUT2D eigenvalue weighted by Gasteiger charge is 2.19. The number of benzene rings is 3. The summed E-state index contributed by atoms with van der Waals surface area (Å²) in [6, 6.07) is 17.4. The monoisotopic (exact) mass is 435 g/mol. The number of amides is 1. The van der Waals surface area contributed by atoms with Crippen LogP contribution in [0, 0.1) is 0 Å². The van der Waals surface area contributed by atoms with Crippen LogP contribution in [0.15, 0.2) is 65.1 Å². The molecule has 0 aliphatic heterocycles. The molecular formula is C20H16BrF2NO3. The molecule has 0 saturated heterocycles. The quantitative estimate of drug-likeness (QED) is 0.547. The predicted octanol–water partition coefficient (Wildman–Crippen LogP) is 5.61. The molecule has 0 bridgehead atoms. The van der Waals surface area contributed by atoms with E-state index in [2.05, 4.69) is 26.0 Å². The van der Waals surface area contributed by atoms with E-state index in [0.29, 0.717) is 5.75 Å². The molecule has 0 aromatic heterocycles. The molecule has 0 fully saturated rings. The third-order valence-corrected chi connectivity index (χ3v) is 4.68. The third kappa shape index (κ3) is 4.54. The van der Waals surface area contributed by atoms with E-state index in [0.717, 1.165) is 15.2 Å². The molecule has 4 nitrogen and oxygen atoms in total. The molecular weight excluding hydrogens is 420 g/mol. The van der Waals surface area contributed by atoms with Gasteiger partial charge in [0.05, 0.1) is 10.2 Å². The van der Waals surface area contributed by atoms with Crippen LogP contribution in [-0.4, -0.2) is 18.6 Å². The number of alkyl halides is 2. The molecule has 1 unspecified atom stereocenters. The third-order valence-electron chi connectivity index (χ3n) is 3.86. The van der Waals surface area contributed by atoms with E-state index in [1.165, 1.54) is 12.1 Å². The lowest BCUT2D eigenvalue weighted by atomic mass is 10.1. The Labute approximate surface area is 163 Å². The molecule has 0 heterocycles. The minimum Gasteiger partial charge on any atom is -0.480 e. The van der Waals surface area contributed by atoms with Gasteiger partial charge < -0.3 is 14.8 Å². The molecule has 140 valence electrons. The van der Waals surface area contributed by atoms with Gasteiger partial charge in [0, 0.05) is 0 Å². The maximum absolute atomic E-state index is 12.5. The molecule has 1 atom stereocenters. The molecule has 0 radical (unpaired) electrons. The zero-order valence-corrected chi connectivity index (χ0v) is 15.9. The van der Waals surface area contributed by atoms with Crippen molar-refractivity contribution >= 4 is 38.3 Å². The van der Waals surface area contributed by atoms with E-state index in [1.54, 1.807) is 25.1 Å². The number of anilines is 1. The molecule has 27 heavy (non-hydrogen) atoms. The van der Waals surface area contributed by atoms with E-state index in [-0.39, 0.29) is 11.4 Å². The maximum atomic E-state index is 12.5.